The number of carbonyl (C=O) groups is 1. The zero-order valence-corrected chi connectivity index (χ0v) is 13.3. The molecule has 23 heavy (non-hydrogen) atoms. The maximum atomic E-state index is 12.0. The molecule has 0 spiro atoms. The van der Waals surface area contributed by atoms with Gasteiger partial charge in [0, 0.05) is 18.7 Å². The van der Waals surface area contributed by atoms with Crippen molar-refractivity contribution in [3.8, 4) is 12.1 Å². The smallest absolute Gasteiger partial charge is 0.251 e. The van der Waals surface area contributed by atoms with E-state index in [1.54, 1.807) is 36.4 Å². The third-order valence-electron chi connectivity index (χ3n) is 3.26. The Balaban J connectivity index is 2.53. The lowest BCUT2D eigenvalue weighted by molar-refractivity contribution is 0.0949. The fraction of sp³-hybridized carbons (Fsp3) is 0.375. The zero-order chi connectivity index (χ0) is 17.1. The highest BCUT2D eigenvalue weighted by atomic mass is 16.1. The van der Waals surface area contributed by atoms with Crippen molar-refractivity contribution in [3.63, 3.8) is 0 Å². The highest BCUT2D eigenvalue weighted by Gasteiger charge is 2.06. The van der Waals surface area contributed by atoms with Gasteiger partial charge in [-0.05, 0) is 37.4 Å². The van der Waals surface area contributed by atoms with Crippen molar-refractivity contribution in [1.29, 1.82) is 10.5 Å². The number of nitriles is 2. The summed E-state index contributed by atoms with van der Waals surface area (Å²) < 4.78 is 0. The summed E-state index contributed by atoms with van der Waals surface area (Å²) in [4.78, 5) is 14.2. The minimum atomic E-state index is -0.261. The Morgan fingerprint density at radius 2 is 1.78 bits per heavy atom. The van der Waals surface area contributed by atoms with Gasteiger partial charge in [0.05, 0.1) is 5.69 Å². The molecule has 0 saturated heterocycles. The van der Waals surface area contributed by atoms with E-state index in [1.165, 1.54) is 0 Å². The number of benzene rings is 1. The van der Waals surface area contributed by atoms with E-state index in [-0.39, 0.29) is 11.6 Å². The van der Waals surface area contributed by atoms with Crippen molar-refractivity contribution in [1.82, 2.24) is 10.2 Å². The van der Waals surface area contributed by atoms with Gasteiger partial charge in [-0.2, -0.15) is 15.6 Å². The maximum Gasteiger partial charge on any atom is 0.251 e. The van der Waals surface area contributed by atoms with Crippen LogP contribution in [0.5, 0.6) is 0 Å². The summed E-state index contributed by atoms with van der Waals surface area (Å²) in [7, 11) is 0. The fourth-order valence-electron chi connectivity index (χ4n) is 1.86. The van der Waals surface area contributed by atoms with Crippen LogP contribution in [0, 0.1) is 22.7 Å². The maximum absolute atomic E-state index is 12.0. The number of anilines is 1. The van der Waals surface area contributed by atoms with Gasteiger partial charge in [0.1, 0.15) is 12.1 Å². The molecule has 0 unspecified atom stereocenters. The number of amides is 1. The summed E-state index contributed by atoms with van der Waals surface area (Å²) >= 11 is 0. The second kappa shape index (κ2) is 9.93. The first-order valence-electron chi connectivity index (χ1n) is 7.39. The van der Waals surface area contributed by atoms with E-state index < -0.39 is 0 Å². The van der Waals surface area contributed by atoms with E-state index in [0.717, 1.165) is 19.6 Å². The lowest BCUT2D eigenvalue weighted by atomic mass is 10.2. The molecule has 2 N–H and O–H groups in total. The molecule has 7 nitrogen and oxygen atoms in total. The Labute approximate surface area is 136 Å². The Bertz CT molecular complexity index is 603. The summed E-state index contributed by atoms with van der Waals surface area (Å²) in [6.45, 7) is 7.51. The van der Waals surface area contributed by atoms with Crippen LogP contribution in [-0.2, 0) is 0 Å². The number of rotatable bonds is 8. The van der Waals surface area contributed by atoms with Gasteiger partial charge >= 0.3 is 0 Å². The number of likely N-dealkylation sites (N-methyl/N-ethyl adjacent to an activating group) is 1. The van der Waals surface area contributed by atoms with Crippen LogP contribution in [-0.4, -0.2) is 42.7 Å². The highest BCUT2D eigenvalue weighted by Crippen LogP contribution is 2.09. The Hall–Kier alpha value is -2.90. The SMILES string of the molecule is CCN(CC)CCNC(=O)c1ccc(NN=C(C#N)C#N)cc1. The highest BCUT2D eigenvalue weighted by molar-refractivity contribution is 6.10. The van der Waals surface area contributed by atoms with E-state index in [2.05, 4.69) is 34.6 Å². The van der Waals surface area contributed by atoms with Gasteiger partial charge < -0.3 is 10.2 Å². The Morgan fingerprint density at radius 3 is 2.30 bits per heavy atom. The molecule has 1 aromatic carbocycles. The topological polar surface area (TPSA) is 104 Å². The largest absolute Gasteiger partial charge is 0.351 e. The lowest BCUT2D eigenvalue weighted by Crippen LogP contribution is -2.34. The summed E-state index contributed by atoms with van der Waals surface area (Å²) in [6, 6.07) is 9.94. The Morgan fingerprint density at radius 1 is 1.17 bits per heavy atom. The van der Waals surface area contributed by atoms with Crippen LogP contribution in [0.4, 0.5) is 5.69 Å². The number of hydrogen-bond donors (Lipinski definition) is 2. The molecule has 0 atom stereocenters. The predicted molar refractivity (Wildman–Crippen MR) is 88.8 cm³/mol. The van der Waals surface area contributed by atoms with E-state index in [0.29, 0.717) is 17.8 Å². The lowest BCUT2D eigenvalue weighted by Gasteiger charge is -2.17. The van der Waals surface area contributed by atoms with E-state index in [4.69, 9.17) is 10.5 Å². The van der Waals surface area contributed by atoms with Gasteiger partial charge in [-0.15, -0.1) is 0 Å². The molecule has 1 rings (SSSR count). The molecule has 0 aromatic heterocycles. The van der Waals surface area contributed by atoms with Gasteiger partial charge in [0.2, 0.25) is 5.71 Å². The van der Waals surface area contributed by atoms with Crippen molar-refractivity contribution in [2.75, 3.05) is 31.6 Å². The zero-order valence-electron chi connectivity index (χ0n) is 13.3. The first-order valence-corrected chi connectivity index (χ1v) is 7.39. The molecule has 1 amide bonds. The second-order valence-electron chi connectivity index (χ2n) is 4.66. The van der Waals surface area contributed by atoms with Crippen molar-refractivity contribution in [2.24, 2.45) is 5.10 Å². The monoisotopic (exact) mass is 312 g/mol. The van der Waals surface area contributed by atoms with E-state index >= 15 is 0 Å². The summed E-state index contributed by atoms with van der Waals surface area (Å²) in [5.41, 5.74) is 3.46. The van der Waals surface area contributed by atoms with Crippen LogP contribution in [0.25, 0.3) is 0 Å². The molecule has 0 heterocycles. The standard InChI is InChI=1S/C16H20N6O/c1-3-22(4-2)10-9-19-16(23)13-5-7-14(8-6-13)20-21-15(11-17)12-18/h5-8,20H,3-4,9-10H2,1-2H3,(H,19,23). The summed E-state index contributed by atoms with van der Waals surface area (Å²) in [6.07, 6.45) is 0. The van der Waals surface area contributed by atoms with Gasteiger partial charge in [0.25, 0.3) is 5.91 Å². The number of carbonyl (C=O) groups excluding carboxylic acids is 1. The first-order chi connectivity index (χ1) is 11.1. The number of nitrogens with zero attached hydrogens (tertiary/aromatic N) is 4. The van der Waals surface area contributed by atoms with Crippen molar-refractivity contribution in [2.45, 2.75) is 13.8 Å². The number of hydrazone groups is 1. The van der Waals surface area contributed by atoms with Gasteiger partial charge in [0.15, 0.2) is 0 Å². The number of hydrogen-bond acceptors (Lipinski definition) is 6. The fourth-order valence-corrected chi connectivity index (χ4v) is 1.86. The van der Waals surface area contributed by atoms with Crippen molar-refractivity contribution in [3.05, 3.63) is 29.8 Å². The minimum absolute atomic E-state index is 0.137. The third kappa shape index (κ3) is 6.16. The first kappa shape index (κ1) is 18.1. The van der Waals surface area contributed by atoms with Gasteiger partial charge in [-0.3, -0.25) is 10.2 Å². The molecule has 1 aromatic rings. The minimum Gasteiger partial charge on any atom is -0.351 e. The summed E-state index contributed by atoms with van der Waals surface area (Å²) in [5, 5.41) is 23.7. The average Bonchev–Trinajstić information content (AvgIpc) is 2.60. The molecule has 120 valence electrons. The van der Waals surface area contributed by atoms with Crippen LogP contribution in [0.15, 0.2) is 29.4 Å². The van der Waals surface area contributed by atoms with Gasteiger partial charge in [-0.25, -0.2) is 0 Å². The van der Waals surface area contributed by atoms with Crippen LogP contribution in [0.2, 0.25) is 0 Å². The summed E-state index contributed by atoms with van der Waals surface area (Å²) in [5.74, 6) is -0.137. The van der Waals surface area contributed by atoms with Crippen LogP contribution < -0.4 is 10.7 Å². The predicted octanol–water partition coefficient (Wildman–Crippen LogP) is 1.57. The van der Waals surface area contributed by atoms with Crippen molar-refractivity contribution < 1.29 is 4.79 Å². The van der Waals surface area contributed by atoms with E-state index in [9.17, 15) is 4.79 Å². The molecule has 0 radical (unpaired) electrons. The molecular weight excluding hydrogens is 292 g/mol. The van der Waals surface area contributed by atoms with Crippen molar-refractivity contribution >= 4 is 17.3 Å². The van der Waals surface area contributed by atoms with Gasteiger partial charge in [-0.1, -0.05) is 13.8 Å². The molecule has 0 fully saturated rings. The molecular formula is C16H20N6O. The molecule has 0 aliphatic rings. The normalized spacial score (nSPS) is 9.61. The third-order valence-corrected chi connectivity index (χ3v) is 3.26. The molecule has 0 aliphatic carbocycles. The average molecular weight is 312 g/mol. The number of nitrogens with one attached hydrogen (secondary N) is 2. The second-order valence-corrected chi connectivity index (χ2v) is 4.66. The van der Waals surface area contributed by atoms with Crippen LogP contribution >= 0.6 is 0 Å². The van der Waals surface area contributed by atoms with Crippen LogP contribution in [0.3, 0.4) is 0 Å². The van der Waals surface area contributed by atoms with E-state index in [1.807, 2.05) is 0 Å². The quantitative estimate of drug-likeness (QED) is 0.560. The molecule has 0 bridgehead atoms. The Kier molecular flexibility index (Phi) is 7.84. The van der Waals surface area contributed by atoms with Crippen LogP contribution in [0.1, 0.15) is 24.2 Å². The molecule has 7 heteroatoms. The molecule has 0 saturated carbocycles. The molecule has 0 aliphatic heterocycles.